The summed E-state index contributed by atoms with van der Waals surface area (Å²) in [6.45, 7) is 2.64. The van der Waals surface area contributed by atoms with Crippen molar-refractivity contribution >= 4 is 29.2 Å². The second-order valence-electron chi connectivity index (χ2n) is 4.58. The van der Waals surface area contributed by atoms with E-state index in [1.54, 1.807) is 13.1 Å². The molecule has 1 N–H and O–H groups in total. The Bertz CT molecular complexity index is 642. The zero-order valence-corrected chi connectivity index (χ0v) is 13.3. The van der Waals surface area contributed by atoms with Gasteiger partial charge in [0.25, 0.3) is 0 Å². The van der Waals surface area contributed by atoms with Crippen molar-refractivity contribution < 1.29 is 14.3 Å². The predicted octanol–water partition coefficient (Wildman–Crippen LogP) is 1.89. The molecule has 0 atom stereocenters. The normalized spacial score (nSPS) is 10.6. The Labute approximate surface area is 133 Å². The van der Waals surface area contributed by atoms with Gasteiger partial charge in [0, 0.05) is 19.2 Å². The number of pyridine rings is 1. The number of nitrogens with one attached hydrogen (secondary N) is 1. The summed E-state index contributed by atoms with van der Waals surface area (Å²) in [6, 6.07) is 5.84. The summed E-state index contributed by atoms with van der Waals surface area (Å²) >= 11 is 1.39. The van der Waals surface area contributed by atoms with Crippen molar-refractivity contribution in [2.24, 2.45) is 0 Å². The highest BCUT2D eigenvalue weighted by molar-refractivity contribution is 7.99. The summed E-state index contributed by atoms with van der Waals surface area (Å²) in [7, 11) is 0. The van der Waals surface area contributed by atoms with E-state index in [2.05, 4.69) is 10.3 Å². The number of carbonyl (C=O) groups is 2. The number of imidazole rings is 1. The van der Waals surface area contributed by atoms with Crippen LogP contribution in [0.15, 0.2) is 35.7 Å². The number of rotatable bonds is 8. The van der Waals surface area contributed by atoms with Crippen molar-refractivity contribution in [3.05, 3.63) is 30.6 Å². The molecular weight excluding hydrogens is 302 g/mol. The highest BCUT2D eigenvalue weighted by atomic mass is 32.2. The summed E-state index contributed by atoms with van der Waals surface area (Å²) in [4.78, 5) is 27.2. The molecule has 0 aromatic carbocycles. The van der Waals surface area contributed by atoms with Gasteiger partial charge >= 0.3 is 5.97 Å². The van der Waals surface area contributed by atoms with Gasteiger partial charge in [0.1, 0.15) is 0 Å². The zero-order chi connectivity index (χ0) is 15.8. The van der Waals surface area contributed by atoms with Crippen LogP contribution >= 0.6 is 11.8 Å². The van der Waals surface area contributed by atoms with Crippen LogP contribution in [0.1, 0.15) is 19.8 Å². The van der Waals surface area contributed by atoms with Crippen LogP contribution in [0.25, 0.3) is 5.52 Å². The molecule has 0 spiro atoms. The van der Waals surface area contributed by atoms with Gasteiger partial charge in [-0.05, 0) is 25.5 Å². The number of amides is 1. The van der Waals surface area contributed by atoms with Gasteiger partial charge in [0.2, 0.25) is 5.91 Å². The molecular formula is C15H19N3O3S. The first-order valence-corrected chi connectivity index (χ1v) is 8.16. The molecule has 0 saturated heterocycles. The Kier molecular flexibility index (Phi) is 6.27. The fourth-order valence-corrected chi connectivity index (χ4v) is 2.70. The fourth-order valence-electron chi connectivity index (χ4n) is 1.90. The molecule has 2 aromatic rings. The smallest absolute Gasteiger partial charge is 0.305 e. The second-order valence-corrected chi connectivity index (χ2v) is 5.53. The van der Waals surface area contributed by atoms with Gasteiger partial charge in [-0.1, -0.05) is 17.8 Å². The minimum absolute atomic E-state index is 0.0680. The van der Waals surface area contributed by atoms with E-state index in [0.717, 1.165) is 10.7 Å². The largest absolute Gasteiger partial charge is 0.466 e. The minimum Gasteiger partial charge on any atom is -0.466 e. The number of ether oxygens (including phenoxy) is 1. The van der Waals surface area contributed by atoms with E-state index in [1.165, 1.54) is 11.8 Å². The van der Waals surface area contributed by atoms with Crippen molar-refractivity contribution in [3.8, 4) is 0 Å². The van der Waals surface area contributed by atoms with E-state index in [0.29, 0.717) is 31.7 Å². The monoisotopic (exact) mass is 321 g/mol. The molecule has 0 bridgehead atoms. The summed E-state index contributed by atoms with van der Waals surface area (Å²) in [5, 5.41) is 3.58. The predicted molar refractivity (Wildman–Crippen MR) is 84.8 cm³/mol. The number of carbonyl (C=O) groups excluding carboxylic acids is 2. The van der Waals surface area contributed by atoms with E-state index in [-0.39, 0.29) is 11.9 Å². The maximum absolute atomic E-state index is 11.8. The van der Waals surface area contributed by atoms with Gasteiger partial charge in [0.05, 0.1) is 24.1 Å². The molecule has 2 rings (SSSR count). The molecule has 0 aliphatic rings. The van der Waals surface area contributed by atoms with Crippen LogP contribution in [-0.4, -0.2) is 40.2 Å². The van der Waals surface area contributed by atoms with E-state index < -0.39 is 0 Å². The van der Waals surface area contributed by atoms with Crippen LogP contribution in [0, 0.1) is 0 Å². The molecule has 1 amide bonds. The van der Waals surface area contributed by atoms with Gasteiger partial charge in [-0.2, -0.15) is 0 Å². The first kappa shape index (κ1) is 16.4. The number of hydrogen-bond donors (Lipinski definition) is 1. The van der Waals surface area contributed by atoms with Crippen molar-refractivity contribution in [2.45, 2.75) is 24.9 Å². The highest BCUT2D eigenvalue weighted by Gasteiger charge is 2.08. The first-order chi connectivity index (χ1) is 10.7. The molecule has 7 heteroatoms. The van der Waals surface area contributed by atoms with Gasteiger partial charge in [-0.3, -0.25) is 14.0 Å². The molecule has 6 nitrogen and oxygen atoms in total. The lowest BCUT2D eigenvalue weighted by Gasteiger charge is -2.05. The average molecular weight is 321 g/mol. The minimum atomic E-state index is -0.227. The number of thioether (sulfide) groups is 1. The van der Waals surface area contributed by atoms with Crippen molar-refractivity contribution in [2.75, 3.05) is 18.9 Å². The van der Waals surface area contributed by atoms with Crippen LogP contribution < -0.4 is 5.32 Å². The quantitative estimate of drug-likeness (QED) is 0.457. The Balaban J connectivity index is 1.69. The van der Waals surface area contributed by atoms with Crippen LogP contribution in [0.2, 0.25) is 0 Å². The van der Waals surface area contributed by atoms with E-state index in [4.69, 9.17) is 4.74 Å². The molecule has 0 radical (unpaired) electrons. The molecule has 22 heavy (non-hydrogen) atoms. The van der Waals surface area contributed by atoms with Crippen LogP contribution in [0.4, 0.5) is 0 Å². The van der Waals surface area contributed by atoms with Crippen molar-refractivity contribution in [1.82, 2.24) is 14.7 Å². The third kappa shape index (κ3) is 4.77. The highest BCUT2D eigenvalue weighted by Crippen LogP contribution is 2.17. The van der Waals surface area contributed by atoms with Crippen LogP contribution in [0.5, 0.6) is 0 Å². The second kappa shape index (κ2) is 8.43. The Morgan fingerprint density at radius 2 is 2.27 bits per heavy atom. The molecule has 2 heterocycles. The molecule has 0 fully saturated rings. The number of hydrogen-bond acceptors (Lipinski definition) is 5. The van der Waals surface area contributed by atoms with Gasteiger partial charge in [-0.15, -0.1) is 0 Å². The molecule has 0 aliphatic carbocycles. The standard InChI is InChI=1S/C15H19N3O3S/c1-2-21-14(20)7-5-8-16-13(19)11-22-15-17-10-12-6-3-4-9-18(12)15/h3-4,6,9-10H,2,5,7-8,11H2,1H3,(H,16,19). The first-order valence-electron chi connectivity index (χ1n) is 7.18. The van der Waals surface area contributed by atoms with Crippen LogP contribution in [-0.2, 0) is 14.3 Å². The summed E-state index contributed by atoms with van der Waals surface area (Å²) < 4.78 is 6.76. The van der Waals surface area contributed by atoms with Gasteiger partial charge in [0.15, 0.2) is 5.16 Å². The number of esters is 1. The lowest BCUT2D eigenvalue weighted by molar-refractivity contribution is -0.143. The Morgan fingerprint density at radius 1 is 1.41 bits per heavy atom. The van der Waals surface area contributed by atoms with E-state index >= 15 is 0 Å². The number of nitrogens with zero attached hydrogens (tertiary/aromatic N) is 2. The maximum Gasteiger partial charge on any atom is 0.305 e. The third-order valence-corrected chi connectivity index (χ3v) is 3.89. The summed E-state index contributed by atoms with van der Waals surface area (Å²) in [5.41, 5.74) is 1.000. The number of aromatic nitrogens is 2. The Morgan fingerprint density at radius 3 is 3.09 bits per heavy atom. The summed E-state index contributed by atoms with van der Waals surface area (Å²) in [5.74, 6) is 0.00413. The molecule has 2 aromatic heterocycles. The zero-order valence-electron chi connectivity index (χ0n) is 12.4. The molecule has 0 unspecified atom stereocenters. The molecule has 0 saturated carbocycles. The van der Waals surface area contributed by atoms with Crippen molar-refractivity contribution in [1.29, 1.82) is 0 Å². The van der Waals surface area contributed by atoms with E-state index in [1.807, 2.05) is 28.8 Å². The Hall–Kier alpha value is -2.02. The third-order valence-electron chi connectivity index (χ3n) is 2.92. The number of fused-ring (bicyclic) bond motifs is 1. The molecule has 0 aliphatic heterocycles. The van der Waals surface area contributed by atoms with Gasteiger partial charge in [-0.25, -0.2) is 4.98 Å². The lowest BCUT2D eigenvalue weighted by Crippen LogP contribution is -2.26. The SMILES string of the molecule is CCOC(=O)CCCNC(=O)CSc1ncc2ccccn12. The van der Waals surface area contributed by atoms with Crippen molar-refractivity contribution in [3.63, 3.8) is 0 Å². The lowest BCUT2D eigenvalue weighted by atomic mass is 10.3. The van der Waals surface area contributed by atoms with Gasteiger partial charge < -0.3 is 10.1 Å². The average Bonchev–Trinajstić information content (AvgIpc) is 2.93. The van der Waals surface area contributed by atoms with E-state index in [9.17, 15) is 9.59 Å². The summed E-state index contributed by atoms with van der Waals surface area (Å²) in [6.07, 6.45) is 4.61. The topological polar surface area (TPSA) is 72.7 Å². The van der Waals surface area contributed by atoms with Crippen LogP contribution in [0.3, 0.4) is 0 Å². The molecule has 118 valence electrons. The fraction of sp³-hybridized carbons (Fsp3) is 0.400. The maximum atomic E-state index is 11.8.